The Balaban J connectivity index is -0.0000000114. The number of hydrogen-bond donors (Lipinski definition) is 0. The molecule has 0 spiro atoms. The third-order valence-electron chi connectivity index (χ3n) is 0. The average Bonchev–Trinajstić information content (AvgIpc) is 2.23. The Hall–Kier alpha value is -1.34. The smallest absolute Gasteiger partial charge is 1.00 e. The molecule has 18 nitrogen and oxygen atoms in total. The summed E-state index contributed by atoms with van der Waals surface area (Å²) < 4.78 is 0. The second-order valence-electron chi connectivity index (χ2n) is 0.447. The van der Waals surface area contributed by atoms with E-state index in [1.165, 1.54) is 0 Å². The van der Waals surface area contributed by atoms with Gasteiger partial charge in [0.1, 0.15) is 0 Å². The number of rotatable bonds is 0. The Morgan fingerprint density at radius 2 is 0.450 bits per heavy atom. The summed E-state index contributed by atoms with van der Waals surface area (Å²) in [6.07, 6.45) is 0. The number of nitrogens with zero attached hydrogens (tertiary/aromatic N) is 6. The van der Waals surface area contributed by atoms with Crippen LogP contribution in [0.5, 0.6) is 0 Å². The molecule has 119 valence electrons. The van der Waals surface area contributed by atoms with Crippen molar-refractivity contribution in [3.05, 3.63) is 60.7 Å². The van der Waals surface area contributed by atoms with E-state index in [4.69, 9.17) is 60.7 Å². The van der Waals surface area contributed by atoms with Crippen molar-refractivity contribution >= 4 is 0 Å². The molecule has 0 aromatic carbocycles. The van der Waals surface area contributed by atoms with E-state index >= 15 is 0 Å². The van der Waals surface area contributed by atoms with Gasteiger partial charge in [-0.25, -0.2) is 0 Å². The van der Waals surface area contributed by atoms with Gasteiger partial charge in [-0.3, -0.25) is 0 Å². The first kappa shape index (κ1) is 51.2. The van der Waals surface area contributed by atoms with Gasteiger partial charge in [0.2, 0.25) is 0 Å². The van der Waals surface area contributed by atoms with Crippen molar-refractivity contribution in [3.8, 4) is 0 Å². The molecule has 0 fully saturated rings. The average molecular weight is 419 g/mol. The molecule has 0 unspecified atom stereocenters. The van der Waals surface area contributed by atoms with Crippen LogP contribution in [0.15, 0.2) is 32.0 Å². The summed E-state index contributed by atoms with van der Waals surface area (Å²) in [7, 11) is 0. The molecule has 0 bridgehead atoms. The quantitative estimate of drug-likeness (QED) is 0.249. The molecule has 0 atom stereocenters. The molecule has 0 saturated heterocycles. The predicted molar refractivity (Wildman–Crippen MR) is 56.1 cm³/mol. The van der Waals surface area contributed by atoms with E-state index in [1.807, 2.05) is 0 Å². The van der Waals surface area contributed by atoms with E-state index in [0.29, 0.717) is 0 Å². The van der Waals surface area contributed by atoms with Gasteiger partial charge in [-0.05, 0) is 0 Å². The fourth-order valence-electron chi connectivity index (χ4n) is 0. The normalized spacial score (nSPS) is 3.60. The van der Waals surface area contributed by atoms with Crippen molar-refractivity contribution in [2.45, 2.75) is 0 Å². The molecule has 0 N–H and O–H groups in total. The molecule has 0 aromatic rings. The van der Waals surface area contributed by atoms with Crippen molar-refractivity contribution in [2.75, 3.05) is 0 Å². The maximum atomic E-state index is 8.00. The van der Waals surface area contributed by atoms with E-state index in [0.717, 1.165) is 32.0 Å². The van der Waals surface area contributed by atoms with Gasteiger partial charge in [0, 0.05) is 19.5 Å². The largest absolute Gasteiger partial charge is 1.00 e. The second-order valence-corrected chi connectivity index (χ2v) is 0.447. The zero-order valence-corrected chi connectivity index (χ0v) is 13.7. The van der Waals surface area contributed by atoms with Crippen molar-refractivity contribution in [1.82, 2.24) is 0 Å². The van der Waals surface area contributed by atoms with Gasteiger partial charge in [-0.2, -0.15) is 0 Å². The van der Waals surface area contributed by atoms with E-state index in [-0.39, 0.29) is 72.3 Å². The van der Waals surface area contributed by atoms with E-state index in [2.05, 4.69) is 0 Å². The molecule has 0 amide bonds. The molecule has 0 aliphatic rings. The molecule has 0 heterocycles. The molecule has 20 heteroatoms. The minimum Gasteiger partial charge on any atom is -1.00 e. The molecule has 0 rings (SSSR count). The zero-order valence-electron chi connectivity index (χ0n) is 9.92. The fourth-order valence-corrected chi connectivity index (χ4v) is 0. The molecule has 0 saturated carbocycles. The van der Waals surface area contributed by atoms with Crippen molar-refractivity contribution in [1.29, 1.82) is 0 Å². The van der Waals surface area contributed by atoms with Crippen LogP contribution in [0.1, 0.15) is 1.43 Å². The summed E-state index contributed by atoms with van der Waals surface area (Å²) in [5.41, 5.74) is 0. The maximum Gasteiger partial charge on any atom is 1.00 e. The summed E-state index contributed by atoms with van der Waals surface area (Å²) in [5.74, 6) is 0. The zero-order chi connectivity index (χ0) is 16.2. The fraction of sp³-hybridized carbons (Fsp3) is 0. The Kier molecular flexibility index (Phi) is 578. The first-order valence-corrected chi connectivity index (χ1v) is 2.19. The van der Waals surface area contributed by atoms with Crippen molar-refractivity contribution < 1.29 is 72.3 Å². The third-order valence-corrected chi connectivity index (χ3v) is 0. The Bertz CT molecular complexity index is 125. The Labute approximate surface area is 163 Å². The second kappa shape index (κ2) is 226. The summed E-state index contributed by atoms with van der Waals surface area (Å²) in [5, 5.41) is 54.0. The van der Waals surface area contributed by atoms with Gasteiger partial charge >= 0.3 is 51.4 Å². The third kappa shape index (κ3) is 2270. The van der Waals surface area contributed by atoms with Crippen LogP contribution < -0.4 is 51.4 Å². The molecule has 1 radical (unpaired) electrons. The van der Waals surface area contributed by atoms with Crippen molar-refractivity contribution in [3.63, 3.8) is 0 Å². The Morgan fingerprint density at radius 1 is 0.450 bits per heavy atom. The van der Waals surface area contributed by atoms with Crippen LogP contribution in [0.25, 0.3) is 0 Å². The van der Waals surface area contributed by atoms with E-state index in [9.17, 15) is 0 Å². The van der Waals surface area contributed by atoms with Gasteiger partial charge in [0.25, 0.3) is 0 Å². The predicted octanol–water partition coefficient (Wildman–Crippen LogP) is -1.38. The van der Waals surface area contributed by atoms with Crippen LogP contribution in [0.3, 0.4) is 0 Å². The monoisotopic (exact) mass is 419 g/mol. The molecule has 0 aliphatic carbocycles. The van der Waals surface area contributed by atoms with Crippen LogP contribution >= 0.6 is 0 Å². The molecular weight excluding hydrogens is 418 g/mol. The van der Waals surface area contributed by atoms with Crippen LogP contribution in [-0.2, 0) is 19.5 Å². The van der Waals surface area contributed by atoms with Crippen molar-refractivity contribution in [2.24, 2.45) is 32.0 Å². The summed E-state index contributed by atoms with van der Waals surface area (Å²) >= 11 is 0. The van der Waals surface area contributed by atoms with E-state index < -0.39 is 0 Å². The summed E-state index contributed by atoms with van der Waals surface area (Å²) in [6.45, 7) is 0. The SMILES string of the molecule is O=N[O-].O=N[O-].O=N[O-].O=N[O-].O=N[O-].O=N[O-].[H-].[K+].[Rh]. The Morgan fingerprint density at radius 3 is 0.450 bits per heavy atom. The van der Waals surface area contributed by atoms with Gasteiger partial charge < -0.3 is 62.1 Å². The van der Waals surface area contributed by atoms with Gasteiger partial charge in [-0.1, -0.05) is 0 Å². The molecular formula is HKN6O12Rh-6. The number of hydrogen-bond acceptors (Lipinski definition) is 18. The summed E-state index contributed by atoms with van der Waals surface area (Å²) in [4.78, 5) is 48.0. The van der Waals surface area contributed by atoms with Gasteiger partial charge in [0.05, 0.1) is 0 Å². The first-order chi connectivity index (χ1) is 8.49. The molecule has 20 heavy (non-hydrogen) atoms. The standard InChI is InChI=1S/K.6HNO2.Rh.H/c;6*2-1-3;;/h;6*(H,2,3);;/q+1;;;;;;;;-1/p-6. The van der Waals surface area contributed by atoms with Crippen LogP contribution in [-0.4, -0.2) is 0 Å². The summed E-state index contributed by atoms with van der Waals surface area (Å²) in [6, 6.07) is 0. The molecule has 0 aliphatic heterocycles. The van der Waals surface area contributed by atoms with E-state index in [1.54, 1.807) is 0 Å². The maximum absolute atomic E-state index is 8.00. The first-order valence-electron chi connectivity index (χ1n) is 2.19. The topological polar surface area (TPSA) is 315 Å². The molecule has 0 aromatic heterocycles. The van der Waals surface area contributed by atoms with Crippen LogP contribution in [0.4, 0.5) is 0 Å². The van der Waals surface area contributed by atoms with Gasteiger partial charge in [0.15, 0.2) is 0 Å². The van der Waals surface area contributed by atoms with Crippen LogP contribution in [0.2, 0.25) is 0 Å². The van der Waals surface area contributed by atoms with Gasteiger partial charge in [-0.15, -0.1) is 32.0 Å². The van der Waals surface area contributed by atoms with Crippen LogP contribution in [0, 0.1) is 60.7 Å². The minimum atomic E-state index is 0. The minimum absolute atomic E-state index is 0.